The Labute approximate surface area is 420 Å². The molecule has 344 valence electrons. The number of halogens is 2. The van der Waals surface area contributed by atoms with Crippen LogP contribution in [0.5, 0.6) is 0 Å². The van der Waals surface area contributed by atoms with E-state index in [1.165, 1.54) is 22.3 Å². The first-order valence-corrected chi connectivity index (χ1v) is 24.7. The Morgan fingerprint density at radius 2 is 0.653 bits per heavy atom. The molecule has 2 unspecified atom stereocenters. The number of anilines is 3. The van der Waals surface area contributed by atoms with Crippen molar-refractivity contribution in [3.8, 4) is 33.4 Å². The van der Waals surface area contributed by atoms with Crippen molar-refractivity contribution in [2.24, 2.45) is 0 Å². The quantitative estimate of drug-likeness (QED) is 0.139. The van der Waals surface area contributed by atoms with Crippen molar-refractivity contribution in [2.45, 2.75) is 30.1 Å². The number of nitrogens with zero attached hydrogens (tertiary/aromatic N) is 1. The molecule has 0 heterocycles. The first-order valence-electron chi connectivity index (χ1n) is 24.7. The van der Waals surface area contributed by atoms with Crippen LogP contribution in [0.25, 0.3) is 45.5 Å². The summed E-state index contributed by atoms with van der Waals surface area (Å²) in [6, 6.07) is 77.1. The van der Waals surface area contributed by atoms with Gasteiger partial charge >= 0.3 is 0 Å². The zero-order chi connectivity index (χ0) is 48.9. The van der Waals surface area contributed by atoms with Crippen LogP contribution in [0.1, 0.15) is 80.6 Å². The van der Waals surface area contributed by atoms with Gasteiger partial charge in [-0.05, 0) is 138 Å². The Morgan fingerprint density at radius 1 is 0.333 bits per heavy atom. The Kier molecular flexibility index (Phi) is 9.76. The Balaban J connectivity index is 1.11. The van der Waals surface area contributed by atoms with Crippen LogP contribution in [0.15, 0.2) is 238 Å². The average Bonchev–Trinajstić information content (AvgIpc) is 3.97. The zero-order valence-electron chi connectivity index (χ0n) is 40.1. The van der Waals surface area contributed by atoms with E-state index in [9.17, 15) is 0 Å². The lowest BCUT2D eigenvalue weighted by molar-refractivity contribution is 0.584. The molecule has 0 aliphatic heterocycles. The van der Waals surface area contributed by atoms with Crippen LogP contribution in [0.3, 0.4) is 0 Å². The average molecular weight is 930 g/mol. The molecule has 0 amide bonds. The second kappa shape index (κ2) is 16.2. The topological polar surface area (TPSA) is 3.24 Å². The SMILES string of the molecule is C=Cc1ccc(C2(c3ccccc3F)c3ccccc3-c3ccc(N(c4ccc5c(c4)C(C)(C)c4ccccc4-5)c4ccc5c(c4)C(c4ccc(C=C)cc4)(c4ccccc4F)c4ccccc4-5)cc32)cc1. The van der Waals surface area contributed by atoms with E-state index in [1.54, 1.807) is 24.3 Å². The molecular weight excluding hydrogens is 881 g/mol. The fourth-order valence-corrected chi connectivity index (χ4v) is 12.9. The predicted octanol–water partition coefficient (Wildman–Crippen LogP) is 17.8. The molecule has 0 fully saturated rings. The predicted molar refractivity (Wildman–Crippen MR) is 293 cm³/mol. The van der Waals surface area contributed by atoms with Gasteiger partial charge in [-0.15, -0.1) is 0 Å². The molecule has 0 N–H and O–H groups in total. The molecule has 13 rings (SSSR count). The number of rotatable bonds is 9. The van der Waals surface area contributed by atoms with Gasteiger partial charge in [0.1, 0.15) is 11.6 Å². The smallest absolute Gasteiger partial charge is 0.127 e. The van der Waals surface area contributed by atoms with Crippen LogP contribution < -0.4 is 4.90 Å². The van der Waals surface area contributed by atoms with E-state index >= 15 is 8.78 Å². The molecule has 3 heteroatoms. The fourth-order valence-electron chi connectivity index (χ4n) is 12.9. The van der Waals surface area contributed by atoms with E-state index in [0.29, 0.717) is 11.1 Å². The van der Waals surface area contributed by atoms with Crippen molar-refractivity contribution >= 4 is 29.2 Å². The van der Waals surface area contributed by atoms with Gasteiger partial charge in [-0.25, -0.2) is 8.78 Å². The van der Waals surface area contributed by atoms with E-state index in [4.69, 9.17) is 0 Å². The highest BCUT2D eigenvalue weighted by Gasteiger charge is 2.50. The van der Waals surface area contributed by atoms with Gasteiger partial charge in [0.05, 0.1) is 10.8 Å². The van der Waals surface area contributed by atoms with Crippen molar-refractivity contribution in [3.05, 3.63) is 316 Å². The minimum Gasteiger partial charge on any atom is -0.310 e. The minimum absolute atomic E-state index is 0.276. The molecule has 0 radical (unpaired) electrons. The highest BCUT2D eigenvalue weighted by Crippen LogP contribution is 2.61. The Hall–Kier alpha value is -8.66. The third-order valence-electron chi connectivity index (χ3n) is 16.1. The van der Waals surface area contributed by atoms with Crippen molar-refractivity contribution in [1.82, 2.24) is 0 Å². The summed E-state index contributed by atoms with van der Waals surface area (Å²) in [7, 11) is 0. The molecule has 0 bridgehead atoms. The third-order valence-corrected chi connectivity index (χ3v) is 16.1. The van der Waals surface area contributed by atoms with Gasteiger partial charge in [-0.3, -0.25) is 0 Å². The van der Waals surface area contributed by atoms with Gasteiger partial charge in [-0.2, -0.15) is 0 Å². The van der Waals surface area contributed by atoms with E-state index in [0.717, 1.165) is 83.8 Å². The van der Waals surface area contributed by atoms with Gasteiger partial charge in [0.15, 0.2) is 0 Å². The van der Waals surface area contributed by atoms with E-state index < -0.39 is 10.8 Å². The third kappa shape index (κ3) is 5.97. The van der Waals surface area contributed by atoms with Crippen LogP contribution in [0, 0.1) is 11.6 Å². The highest BCUT2D eigenvalue weighted by atomic mass is 19.1. The monoisotopic (exact) mass is 929 g/mol. The first-order chi connectivity index (χ1) is 35.2. The summed E-state index contributed by atoms with van der Waals surface area (Å²) >= 11 is 0. The fraction of sp³-hybridized carbons (Fsp3) is 0.0725. The lowest BCUT2D eigenvalue weighted by Gasteiger charge is -2.36. The summed E-state index contributed by atoms with van der Waals surface area (Å²) in [5, 5.41) is 0. The normalized spacial score (nSPS) is 17.2. The summed E-state index contributed by atoms with van der Waals surface area (Å²) in [4.78, 5) is 2.35. The van der Waals surface area contributed by atoms with Crippen LogP contribution >= 0.6 is 0 Å². The van der Waals surface area contributed by atoms with Crippen molar-refractivity contribution in [2.75, 3.05) is 4.90 Å². The van der Waals surface area contributed by atoms with Crippen LogP contribution in [0.2, 0.25) is 0 Å². The van der Waals surface area contributed by atoms with Crippen LogP contribution in [-0.2, 0) is 16.2 Å². The maximum atomic E-state index is 17.0. The molecule has 10 aromatic carbocycles. The first kappa shape index (κ1) is 43.4. The van der Waals surface area contributed by atoms with Crippen LogP contribution in [-0.4, -0.2) is 0 Å². The standard InChI is InChI=1S/C69H49F2N/c1-5-44-27-31-46(32-28-44)68(60-23-13-15-25-65(60)70)58-21-11-8-18-52(58)55-39-36-49(42-63(55)68)72(48-35-38-54-51-17-7-10-20-57(51)67(3,4)62(54)41-48)50-37-40-56-53-19-9-12-22-59(53)69(64(56)43-50,61-24-14-16-26-66(61)71)47-33-29-45(6-2)30-34-47/h5-43H,1-2H2,3-4H3. The molecule has 0 spiro atoms. The van der Waals surface area contributed by atoms with Crippen LogP contribution in [0.4, 0.5) is 25.8 Å². The van der Waals surface area contributed by atoms with Crippen molar-refractivity contribution in [1.29, 1.82) is 0 Å². The van der Waals surface area contributed by atoms with Crippen molar-refractivity contribution < 1.29 is 8.78 Å². The second-order valence-corrected chi connectivity index (χ2v) is 19.9. The highest BCUT2D eigenvalue weighted by molar-refractivity contribution is 5.93. The molecule has 0 saturated carbocycles. The van der Waals surface area contributed by atoms with Gasteiger partial charge in [0.25, 0.3) is 0 Å². The maximum Gasteiger partial charge on any atom is 0.127 e. The minimum atomic E-state index is -1.02. The summed E-state index contributed by atoms with van der Waals surface area (Å²) in [6.07, 6.45) is 3.68. The summed E-state index contributed by atoms with van der Waals surface area (Å²) in [5.74, 6) is -0.557. The molecule has 72 heavy (non-hydrogen) atoms. The van der Waals surface area contributed by atoms with Gasteiger partial charge in [0.2, 0.25) is 0 Å². The van der Waals surface area contributed by atoms with E-state index in [1.807, 2.05) is 36.4 Å². The van der Waals surface area contributed by atoms with E-state index in [2.05, 4.69) is 208 Å². The molecular formula is C69H49F2N. The Morgan fingerprint density at radius 3 is 1.06 bits per heavy atom. The summed E-state index contributed by atoms with van der Waals surface area (Å²) in [5.41, 5.74) is 18.7. The Bertz CT molecular complexity index is 3660. The largest absolute Gasteiger partial charge is 0.310 e. The maximum absolute atomic E-state index is 17.0. The summed E-state index contributed by atoms with van der Waals surface area (Å²) in [6.45, 7) is 12.7. The molecule has 2 atom stereocenters. The molecule has 1 nitrogen and oxygen atoms in total. The lowest BCUT2D eigenvalue weighted by Crippen LogP contribution is -2.30. The summed E-state index contributed by atoms with van der Waals surface area (Å²) < 4.78 is 34.0. The molecule has 3 aliphatic rings. The molecule has 3 aliphatic carbocycles. The van der Waals surface area contributed by atoms with E-state index in [-0.39, 0.29) is 17.0 Å². The molecule has 10 aromatic rings. The van der Waals surface area contributed by atoms with Gasteiger partial charge in [-0.1, -0.05) is 215 Å². The lowest BCUT2D eigenvalue weighted by atomic mass is 9.67. The number of fused-ring (bicyclic) bond motifs is 9. The number of hydrogen-bond donors (Lipinski definition) is 0. The number of hydrogen-bond acceptors (Lipinski definition) is 1. The molecule has 0 aromatic heterocycles. The van der Waals surface area contributed by atoms with Gasteiger partial charge < -0.3 is 4.90 Å². The number of benzene rings is 10. The zero-order valence-corrected chi connectivity index (χ0v) is 40.1. The van der Waals surface area contributed by atoms with Gasteiger partial charge in [0, 0.05) is 33.6 Å². The second-order valence-electron chi connectivity index (χ2n) is 19.9. The molecule has 0 saturated heterocycles. The van der Waals surface area contributed by atoms with Crippen molar-refractivity contribution in [3.63, 3.8) is 0 Å².